The number of hydrogen-bond acceptors (Lipinski definition) is 3. The SMILES string of the molecule is CC[C@@H](C(=O)NC(C)(C)C)N(Cc1ccc(Cl)cc1)C(=O)CSCc1ccccc1F. The number of rotatable bonds is 9. The minimum atomic E-state index is -0.600. The van der Waals surface area contributed by atoms with Gasteiger partial charge in [0.25, 0.3) is 0 Å². The van der Waals surface area contributed by atoms with Crippen molar-refractivity contribution in [3.63, 3.8) is 0 Å². The van der Waals surface area contributed by atoms with E-state index < -0.39 is 11.6 Å². The van der Waals surface area contributed by atoms with Crippen LogP contribution in [0.4, 0.5) is 4.39 Å². The molecule has 0 aliphatic rings. The third-order valence-electron chi connectivity index (χ3n) is 4.59. The van der Waals surface area contributed by atoms with E-state index in [1.54, 1.807) is 35.2 Å². The number of thioether (sulfide) groups is 1. The molecule has 2 rings (SSSR count). The van der Waals surface area contributed by atoms with Crippen molar-refractivity contribution in [2.45, 2.75) is 58.0 Å². The Kier molecular flexibility index (Phi) is 9.38. The fourth-order valence-electron chi connectivity index (χ4n) is 3.11. The molecule has 0 unspecified atom stereocenters. The van der Waals surface area contributed by atoms with Gasteiger partial charge in [-0.2, -0.15) is 0 Å². The van der Waals surface area contributed by atoms with Crippen molar-refractivity contribution < 1.29 is 14.0 Å². The van der Waals surface area contributed by atoms with Crippen molar-refractivity contribution in [3.8, 4) is 0 Å². The van der Waals surface area contributed by atoms with Crippen molar-refractivity contribution in [1.82, 2.24) is 10.2 Å². The zero-order valence-corrected chi connectivity index (χ0v) is 20.0. The van der Waals surface area contributed by atoms with Gasteiger partial charge in [-0.15, -0.1) is 11.8 Å². The quantitative estimate of drug-likeness (QED) is 0.538. The molecule has 7 heteroatoms. The molecule has 0 fully saturated rings. The summed E-state index contributed by atoms with van der Waals surface area (Å²) < 4.78 is 13.9. The van der Waals surface area contributed by atoms with Gasteiger partial charge in [0.1, 0.15) is 11.9 Å². The minimum Gasteiger partial charge on any atom is -0.350 e. The summed E-state index contributed by atoms with van der Waals surface area (Å²) in [5.41, 5.74) is 1.04. The molecule has 0 bridgehead atoms. The lowest BCUT2D eigenvalue weighted by atomic mass is 10.1. The summed E-state index contributed by atoms with van der Waals surface area (Å²) in [6.07, 6.45) is 0.485. The van der Waals surface area contributed by atoms with E-state index in [1.807, 2.05) is 39.8 Å². The van der Waals surface area contributed by atoms with Gasteiger partial charge in [0.05, 0.1) is 5.75 Å². The van der Waals surface area contributed by atoms with Gasteiger partial charge in [0.15, 0.2) is 0 Å². The Hall–Kier alpha value is -2.05. The molecule has 31 heavy (non-hydrogen) atoms. The first-order valence-electron chi connectivity index (χ1n) is 10.3. The van der Waals surface area contributed by atoms with Crippen LogP contribution in [0.15, 0.2) is 48.5 Å². The first-order chi connectivity index (χ1) is 14.6. The summed E-state index contributed by atoms with van der Waals surface area (Å²) in [5.74, 6) is -0.0839. The van der Waals surface area contributed by atoms with Gasteiger partial charge in [-0.05, 0) is 56.5 Å². The summed E-state index contributed by atoms with van der Waals surface area (Å²) in [6.45, 7) is 7.92. The largest absolute Gasteiger partial charge is 0.350 e. The number of halogens is 2. The lowest BCUT2D eigenvalue weighted by Crippen LogP contribution is -2.53. The van der Waals surface area contributed by atoms with Gasteiger partial charge in [-0.1, -0.05) is 48.9 Å². The Bertz CT molecular complexity index is 884. The van der Waals surface area contributed by atoms with Crippen LogP contribution in [0.1, 0.15) is 45.2 Å². The number of amides is 2. The molecule has 0 aliphatic heterocycles. The second-order valence-electron chi connectivity index (χ2n) is 8.40. The molecule has 0 saturated carbocycles. The molecular formula is C24H30ClFN2O2S. The molecule has 168 valence electrons. The predicted octanol–water partition coefficient (Wildman–Crippen LogP) is 5.43. The maximum Gasteiger partial charge on any atom is 0.243 e. The number of carbonyl (C=O) groups is 2. The zero-order valence-electron chi connectivity index (χ0n) is 18.5. The van der Waals surface area contributed by atoms with E-state index in [1.165, 1.54) is 17.8 Å². The standard InChI is InChI=1S/C24H30ClFN2O2S/c1-5-21(23(30)27-24(2,3)4)28(14-17-10-12-19(25)13-11-17)22(29)16-31-15-18-8-6-7-9-20(18)26/h6-13,21H,5,14-16H2,1-4H3,(H,27,30)/t21-/m0/s1. The van der Waals surface area contributed by atoms with Crippen molar-refractivity contribution in [1.29, 1.82) is 0 Å². The molecule has 0 spiro atoms. The summed E-state index contributed by atoms with van der Waals surface area (Å²) in [4.78, 5) is 27.7. The lowest BCUT2D eigenvalue weighted by Gasteiger charge is -2.33. The minimum absolute atomic E-state index is 0.154. The zero-order chi connectivity index (χ0) is 23.0. The highest BCUT2D eigenvalue weighted by molar-refractivity contribution is 7.99. The summed E-state index contributed by atoms with van der Waals surface area (Å²) in [6, 6.07) is 13.2. The van der Waals surface area contributed by atoms with Crippen molar-refractivity contribution >= 4 is 35.2 Å². The lowest BCUT2D eigenvalue weighted by molar-refractivity contribution is -0.140. The van der Waals surface area contributed by atoms with Crippen LogP contribution in [0.5, 0.6) is 0 Å². The third-order valence-corrected chi connectivity index (χ3v) is 5.81. The van der Waals surface area contributed by atoms with Crippen molar-refractivity contribution in [2.75, 3.05) is 5.75 Å². The van der Waals surface area contributed by atoms with E-state index >= 15 is 0 Å². The molecule has 0 aliphatic carbocycles. The van der Waals surface area contributed by atoms with E-state index in [0.717, 1.165) is 5.56 Å². The molecule has 1 N–H and O–H groups in total. The van der Waals surface area contributed by atoms with Crippen LogP contribution in [0.3, 0.4) is 0 Å². The van der Waals surface area contributed by atoms with Crippen LogP contribution in [-0.2, 0) is 21.9 Å². The van der Waals surface area contributed by atoms with Crippen molar-refractivity contribution in [3.05, 3.63) is 70.5 Å². The van der Waals surface area contributed by atoms with E-state index in [9.17, 15) is 14.0 Å². The van der Waals surface area contributed by atoms with Gasteiger partial charge in [-0.3, -0.25) is 9.59 Å². The fraction of sp³-hybridized carbons (Fsp3) is 0.417. The number of hydrogen-bond donors (Lipinski definition) is 1. The highest BCUT2D eigenvalue weighted by Gasteiger charge is 2.30. The molecule has 2 amide bonds. The first-order valence-corrected chi connectivity index (χ1v) is 11.8. The van der Waals surface area contributed by atoms with E-state index in [0.29, 0.717) is 29.3 Å². The molecule has 0 aromatic heterocycles. The predicted molar refractivity (Wildman–Crippen MR) is 127 cm³/mol. The molecule has 4 nitrogen and oxygen atoms in total. The highest BCUT2D eigenvalue weighted by Crippen LogP contribution is 2.20. The highest BCUT2D eigenvalue weighted by atomic mass is 35.5. The Morgan fingerprint density at radius 1 is 1.13 bits per heavy atom. The second kappa shape index (κ2) is 11.5. The van der Waals surface area contributed by atoms with Gasteiger partial charge >= 0.3 is 0 Å². The van der Waals surface area contributed by atoms with Crippen LogP contribution in [0, 0.1) is 5.82 Å². The number of nitrogens with one attached hydrogen (secondary N) is 1. The normalized spacial score (nSPS) is 12.3. The van der Waals surface area contributed by atoms with E-state index in [2.05, 4.69) is 5.32 Å². The second-order valence-corrected chi connectivity index (χ2v) is 9.82. The Morgan fingerprint density at radius 2 is 1.77 bits per heavy atom. The Balaban J connectivity index is 2.16. The molecular weight excluding hydrogens is 435 g/mol. The van der Waals surface area contributed by atoms with E-state index in [4.69, 9.17) is 11.6 Å². The van der Waals surface area contributed by atoms with Gasteiger partial charge in [-0.25, -0.2) is 4.39 Å². The number of nitrogens with zero attached hydrogens (tertiary/aromatic N) is 1. The van der Waals surface area contributed by atoms with Gasteiger partial charge in [0, 0.05) is 22.9 Å². The molecule has 0 heterocycles. The summed E-state index contributed by atoms with van der Waals surface area (Å²) >= 11 is 7.32. The Morgan fingerprint density at radius 3 is 2.35 bits per heavy atom. The monoisotopic (exact) mass is 464 g/mol. The summed E-state index contributed by atoms with van der Waals surface area (Å²) in [7, 11) is 0. The maximum absolute atomic E-state index is 13.9. The average molecular weight is 465 g/mol. The fourth-order valence-corrected chi connectivity index (χ4v) is 4.13. The summed E-state index contributed by atoms with van der Waals surface area (Å²) in [5, 5.41) is 3.59. The number of carbonyl (C=O) groups excluding carboxylic acids is 2. The number of benzene rings is 2. The first kappa shape index (κ1) is 25.2. The van der Waals surface area contributed by atoms with Crippen LogP contribution < -0.4 is 5.32 Å². The molecule has 2 aromatic carbocycles. The van der Waals surface area contributed by atoms with Gasteiger partial charge in [0.2, 0.25) is 11.8 Å². The molecule has 1 atom stereocenters. The molecule has 0 saturated heterocycles. The van der Waals surface area contributed by atoms with Crippen LogP contribution in [0.25, 0.3) is 0 Å². The van der Waals surface area contributed by atoms with Crippen LogP contribution >= 0.6 is 23.4 Å². The van der Waals surface area contributed by atoms with Crippen molar-refractivity contribution in [2.24, 2.45) is 0 Å². The molecule has 2 aromatic rings. The smallest absolute Gasteiger partial charge is 0.243 e. The topological polar surface area (TPSA) is 49.4 Å². The van der Waals surface area contributed by atoms with Crippen LogP contribution in [-0.4, -0.2) is 34.0 Å². The van der Waals surface area contributed by atoms with Gasteiger partial charge < -0.3 is 10.2 Å². The molecule has 0 radical (unpaired) electrons. The van der Waals surface area contributed by atoms with E-state index in [-0.39, 0.29) is 23.4 Å². The average Bonchev–Trinajstić information content (AvgIpc) is 2.69. The Labute approximate surface area is 193 Å². The third kappa shape index (κ3) is 8.19. The maximum atomic E-state index is 13.9. The van der Waals surface area contributed by atoms with Crippen LogP contribution in [0.2, 0.25) is 5.02 Å².